The predicted octanol–water partition coefficient (Wildman–Crippen LogP) is 4.08. The molecule has 0 spiro atoms. The Balaban J connectivity index is 1.86. The lowest BCUT2D eigenvalue weighted by Gasteiger charge is -2.16. The maximum Gasteiger partial charge on any atom is 0.0519 e. The molecule has 1 heteroatoms. The number of fused-ring (bicyclic) bond motifs is 1. The highest BCUT2D eigenvalue weighted by Crippen LogP contribution is 2.34. The van der Waals surface area contributed by atoms with Crippen LogP contribution >= 0.6 is 0 Å². The summed E-state index contributed by atoms with van der Waals surface area (Å²) in [7, 11) is 0. The highest BCUT2D eigenvalue weighted by atomic mass is 14.9. The molecule has 0 amide bonds. The Labute approximate surface area is 114 Å². The minimum absolute atomic E-state index is 0.405. The third kappa shape index (κ3) is 2.35. The van der Waals surface area contributed by atoms with Crippen LogP contribution in [0.25, 0.3) is 0 Å². The van der Waals surface area contributed by atoms with Gasteiger partial charge in [-0.3, -0.25) is 0 Å². The van der Waals surface area contributed by atoms with E-state index in [9.17, 15) is 0 Å². The van der Waals surface area contributed by atoms with E-state index in [-0.39, 0.29) is 0 Å². The van der Waals surface area contributed by atoms with Gasteiger partial charge in [0.1, 0.15) is 0 Å². The molecule has 1 atom stereocenters. The molecule has 1 unspecified atom stereocenters. The molecule has 0 aliphatic heterocycles. The first-order valence-electron chi connectivity index (χ1n) is 6.69. The Hall–Kier alpha value is -2.20. The Morgan fingerprint density at radius 2 is 2.11 bits per heavy atom. The lowest BCUT2D eigenvalue weighted by Crippen LogP contribution is -2.07. The van der Waals surface area contributed by atoms with E-state index < -0.39 is 0 Å². The number of anilines is 1. The van der Waals surface area contributed by atoms with E-state index in [0.29, 0.717) is 6.04 Å². The molecule has 3 rings (SSSR count). The molecule has 0 saturated heterocycles. The first-order chi connectivity index (χ1) is 9.26. The summed E-state index contributed by atoms with van der Waals surface area (Å²) >= 11 is 0. The molecule has 0 bridgehead atoms. The number of nitrogens with one attached hydrogen (secondary N) is 1. The zero-order valence-corrected chi connectivity index (χ0v) is 11.1. The van der Waals surface area contributed by atoms with Crippen molar-refractivity contribution in [3.63, 3.8) is 0 Å². The fourth-order valence-electron chi connectivity index (χ4n) is 2.77. The molecule has 0 fully saturated rings. The molecule has 0 heterocycles. The van der Waals surface area contributed by atoms with Crippen molar-refractivity contribution in [2.75, 3.05) is 5.32 Å². The van der Waals surface area contributed by atoms with E-state index in [1.807, 2.05) is 18.2 Å². The highest BCUT2D eigenvalue weighted by Gasteiger charge is 2.22. The van der Waals surface area contributed by atoms with E-state index in [4.69, 9.17) is 6.42 Å². The lowest BCUT2D eigenvalue weighted by atomic mass is 10.0. The van der Waals surface area contributed by atoms with Crippen LogP contribution in [0.15, 0.2) is 42.5 Å². The smallest absolute Gasteiger partial charge is 0.0519 e. The number of aryl methyl sites for hydroxylation is 2. The normalized spacial score (nSPS) is 16.7. The molecule has 19 heavy (non-hydrogen) atoms. The molecule has 0 saturated carbocycles. The molecule has 2 aromatic carbocycles. The first-order valence-corrected chi connectivity index (χ1v) is 6.69. The van der Waals surface area contributed by atoms with Crippen LogP contribution in [0.2, 0.25) is 0 Å². The van der Waals surface area contributed by atoms with Gasteiger partial charge in [-0.15, -0.1) is 6.42 Å². The van der Waals surface area contributed by atoms with Crippen molar-refractivity contribution in [1.82, 2.24) is 0 Å². The molecular formula is C18H17N. The monoisotopic (exact) mass is 247 g/mol. The SMILES string of the molecule is C#Cc1cccc(NC2CCc3ccc(C)cc32)c1. The first kappa shape index (κ1) is 11.9. The van der Waals surface area contributed by atoms with Gasteiger partial charge in [0.05, 0.1) is 6.04 Å². The number of hydrogen-bond donors (Lipinski definition) is 1. The van der Waals surface area contributed by atoms with Crippen LogP contribution in [0.5, 0.6) is 0 Å². The van der Waals surface area contributed by atoms with Gasteiger partial charge in [0, 0.05) is 11.3 Å². The van der Waals surface area contributed by atoms with E-state index in [2.05, 4.69) is 42.4 Å². The van der Waals surface area contributed by atoms with Crippen molar-refractivity contribution < 1.29 is 0 Å². The summed E-state index contributed by atoms with van der Waals surface area (Å²) in [6, 6.07) is 15.2. The second-order valence-electron chi connectivity index (χ2n) is 5.16. The van der Waals surface area contributed by atoms with E-state index in [1.54, 1.807) is 0 Å². The van der Waals surface area contributed by atoms with Gasteiger partial charge in [0.25, 0.3) is 0 Å². The summed E-state index contributed by atoms with van der Waals surface area (Å²) in [6.07, 6.45) is 7.75. The second kappa shape index (κ2) is 4.82. The van der Waals surface area contributed by atoms with Gasteiger partial charge in [0.2, 0.25) is 0 Å². The van der Waals surface area contributed by atoms with Gasteiger partial charge in [-0.2, -0.15) is 0 Å². The van der Waals surface area contributed by atoms with Gasteiger partial charge in [-0.25, -0.2) is 0 Å². The van der Waals surface area contributed by atoms with Crippen LogP contribution in [0.4, 0.5) is 5.69 Å². The minimum Gasteiger partial charge on any atom is -0.378 e. The van der Waals surface area contributed by atoms with Crippen molar-refractivity contribution in [3.8, 4) is 12.3 Å². The summed E-state index contributed by atoms with van der Waals surface area (Å²) in [5, 5.41) is 3.60. The van der Waals surface area contributed by atoms with Gasteiger partial charge >= 0.3 is 0 Å². The van der Waals surface area contributed by atoms with Gasteiger partial charge < -0.3 is 5.32 Å². The maximum absolute atomic E-state index is 5.45. The predicted molar refractivity (Wildman–Crippen MR) is 80.2 cm³/mol. The topological polar surface area (TPSA) is 12.0 Å². The second-order valence-corrected chi connectivity index (χ2v) is 5.16. The Morgan fingerprint density at radius 3 is 2.95 bits per heavy atom. The Morgan fingerprint density at radius 1 is 1.21 bits per heavy atom. The van der Waals surface area contributed by atoms with Crippen molar-refractivity contribution >= 4 is 5.69 Å². The van der Waals surface area contributed by atoms with Crippen molar-refractivity contribution in [2.24, 2.45) is 0 Å². The average Bonchev–Trinajstić information content (AvgIpc) is 2.81. The summed E-state index contributed by atoms with van der Waals surface area (Å²) < 4.78 is 0. The van der Waals surface area contributed by atoms with Gasteiger partial charge in [-0.1, -0.05) is 35.7 Å². The fraction of sp³-hybridized carbons (Fsp3) is 0.222. The Kier molecular flexibility index (Phi) is 3.01. The molecule has 2 aromatic rings. The fourth-order valence-corrected chi connectivity index (χ4v) is 2.77. The minimum atomic E-state index is 0.405. The average molecular weight is 247 g/mol. The third-order valence-electron chi connectivity index (χ3n) is 3.75. The molecule has 0 radical (unpaired) electrons. The summed E-state index contributed by atoms with van der Waals surface area (Å²) in [5.74, 6) is 2.68. The van der Waals surface area contributed by atoms with Gasteiger partial charge in [0.15, 0.2) is 0 Å². The number of terminal acetylenes is 1. The molecule has 1 aliphatic rings. The number of hydrogen-bond acceptors (Lipinski definition) is 1. The molecule has 1 N–H and O–H groups in total. The summed E-state index contributed by atoms with van der Waals surface area (Å²) in [5.41, 5.74) is 6.26. The van der Waals surface area contributed by atoms with Crippen LogP contribution in [-0.2, 0) is 6.42 Å². The van der Waals surface area contributed by atoms with Crippen LogP contribution in [-0.4, -0.2) is 0 Å². The van der Waals surface area contributed by atoms with E-state index in [0.717, 1.165) is 24.1 Å². The molecule has 1 nitrogen and oxygen atoms in total. The van der Waals surface area contributed by atoms with Crippen LogP contribution in [0.1, 0.15) is 34.7 Å². The largest absolute Gasteiger partial charge is 0.378 e. The summed E-state index contributed by atoms with van der Waals surface area (Å²) in [4.78, 5) is 0. The standard InChI is InChI=1S/C18H17N/c1-3-14-5-4-6-16(12-14)19-18-10-9-15-8-7-13(2)11-17(15)18/h1,4-8,11-12,18-19H,9-10H2,2H3. The molecular weight excluding hydrogens is 230 g/mol. The van der Waals surface area contributed by atoms with Crippen LogP contribution in [0.3, 0.4) is 0 Å². The zero-order chi connectivity index (χ0) is 13.2. The van der Waals surface area contributed by atoms with Crippen molar-refractivity contribution in [2.45, 2.75) is 25.8 Å². The molecule has 94 valence electrons. The molecule has 0 aromatic heterocycles. The third-order valence-corrected chi connectivity index (χ3v) is 3.75. The van der Waals surface area contributed by atoms with Crippen LogP contribution < -0.4 is 5.32 Å². The van der Waals surface area contributed by atoms with Crippen molar-refractivity contribution in [1.29, 1.82) is 0 Å². The molecule has 1 aliphatic carbocycles. The zero-order valence-electron chi connectivity index (χ0n) is 11.1. The van der Waals surface area contributed by atoms with E-state index in [1.165, 1.54) is 16.7 Å². The highest BCUT2D eigenvalue weighted by molar-refractivity contribution is 5.53. The van der Waals surface area contributed by atoms with Crippen molar-refractivity contribution in [3.05, 3.63) is 64.7 Å². The van der Waals surface area contributed by atoms with Gasteiger partial charge in [-0.05, 0) is 49.1 Å². The Bertz CT molecular complexity index is 649. The number of rotatable bonds is 2. The quantitative estimate of drug-likeness (QED) is 0.789. The van der Waals surface area contributed by atoms with Crippen LogP contribution in [0, 0.1) is 19.3 Å². The summed E-state index contributed by atoms with van der Waals surface area (Å²) in [6.45, 7) is 2.15. The maximum atomic E-state index is 5.45. The lowest BCUT2D eigenvalue weighted by molar-refractivity contribution is 0.762. The van der Waals surface area contributed by atoms with E-state index >= 15 is 0 Å². The number of benzene rings is 2.